The van der Waals surface area contributed by atoms with Crippen LogP contribution >= 0.6 is 0 Å². The lowest BCUT2D eigenvalue weighted by atomic mass is 10.1. The van der Waals surface area contributed by atoms with E-state index in [9.17, 15) is 4.79 Å². The molecule has 0 atom stereocenters. The van der Waals surface area contributed by atoms with Gasteiger partial charge in [0.05, 0.1) is 0 Å². The minimum absolute atomic E-state index is 0.546. The molecule has 3 nitrogen and oxygen atoms in total. The lowest BCUT2D eigenvalue weighted by molar-refractivity contribution is -0.175. The molecule has 114 valence electrons. The van der Waals surface area contributed by atoms with Gasteiger partial charge in [-0.15, -0.1) is 0 Å². The zero-order valence-electron chi connectivity index (χ0n) is 13.0. The van der Waals surface area contributed by atoms with E-state index in [-0.39, 0.29) is 0 Å². The van der Waals surface area contributed by atoms with Crippen LogP contribution in [0.15, 0.2) is 60.7 Å². The van der Waals surface area contributed by atoms with Crippen LogP contribution in [0.2, 0.25) is 0 Å². The molecule has 2 aromatic rings. The molecule has 3 heteroatoms. The van der Waals surface area contributed by atoms with Crippen LogP contribution in [0, 0.1) is 23.7 Å². The van der Waals surface area contributed by atoms with Gasteiger partial charge in [-0.25, -0.2) is 0 Å². The molecule has 0 bridgehead atoms. The number of hydrogen-bond acceptors (Lipinski definition) is 3. The summed E-state index contributed by atoms with van der Waals surface area (Å²) in [5, 5.41) is 0. The van der Waals surface area contributed by atoms with Crippen molar-refractivity contribution in [3.8, 4) is 23.7 Å². The van der Waals surface area contributed by atoms with Crippen molar-refractivity contribution < 1.29 is 14.3 Å². The van der Waals surface area contributed by atoms with E-state index in [1.807, 2.05) is 60.7 Å². The Hall–Kier alpha value is -2.85. The first-order valence-corrected chi connectivity index (χ1v) is 7.00. The second-order valence-corrected chi connectivity index (χ2v) is 4.59. The van der Waals surface area contributed by atoms with Crippen molar-refractivity contribution in [3.05, 3.63) is 71.8 Å². The van der Waals surface area contributed by atoms with Crippen LogP contribution in [0.5, 0.6) is 0 Å². The van der Waals surface area contributed by atoms with Crippen molar-refractivity contribution in [2.75, 3.05) is 14.2 Å². The van der Waals surface area contributed by atoms with Crippen LogP contribution < -0.4 is 0 Å². The molecule has 2 rings (SSSR count). The summed E-state index contributed by atoms with van der Waals surface area (Å²) in [7, 11) is 2.73. The fourth-order valence-electron chi connectivity index (χ4n) is 1.84. The Morgan fingerprint density at radius 3 is 1.78 bits per heavy atom. The van der Waals surface area contributed by atoms with Gasteiger partial charge in [-0.3, -0.25) is 4.79 Å². The van der Waals surface area contributed by atoms with E-state index in [1.165, 1.54) is 14.2 Å². The lowest BCUT2D eigenvalue weighted by Gasteiger charge is -2.20. The number of hydrogen-bond donors (Lipinski definition) is 0. The largest absolute Gasteiger partial charge is 0.336 e. The van der Waals surface area contributed by atoms with Crippen LogP contribution in [-0.4, -0.2) is 25.8 Å². The van der Waals surface area contributed by atoms with Crippen LogP contribution in [0.3, 0.4) is 0 Å². The van der Waals surface area contributed by atoms with E-state index in [4.69, 9.17) is 9.47 Å². The van der Waals surface area contributed by atoms with E-state index >= 15 is 0 Å². The monoisotopic (exact) mass is 304 g/mol. The van der Waals surface area contributed by atoms with Gasteiger partial charge in [-0.1, -0.05) is 48.2 Å². The molecule has 0 fully saturated rings. The van der Waals surface area contributed by atoms with Gasteiger partial charge < -0.3 is 9.47 Å². The molecule has 0 saturated carbocycles. The zero-order valence-corrected chi connectivity index (χ0v) is 13.0. The Morgan fingerprint density at radius 1 is 0.826 bits per heavy atom. The first-order valence-electron chi connectivity index (χ1n) is 7.00. The highest BCUT2D eigenvalue weighted by molar-refractivity contribution is 6.03. The molecule has 23 heavy (non-hydrogen) atoms. The van der Waals surface area contributed by atoms with Gasteiger partial charge in [-0.05, 0) is 36.1 Å². The van der Waals surface area contributed by atoms with Crippen molar-refractivity contribution in [3.63, 3.8) is 0 Å². The molecule has 0 unspecified atom stereocenters. The second kappa shape index (κ2) is 7.96. The summed E-state index contributed by atoms with van der Waals surface area (Å²) in [6.07, 6.45) is 0. The summed E-state index contributed by atoms with van der Waals surface area (Å²) < 4.78 is 10.4. The number of carbonyl (C=O) groups excluding carboxylic acids is 1. The number of carbonyl (C=O) groups is 1. The smallest absolute Gasteiger partial charge is 0.308 e. The number of rotatable bonds is 3. The Kier molecular flexibility index (Phi) is 5.72. The second-order valence-electron chi connectivity index (χ2n) is 4.59. The predicted octanol–water partition coefficient (Wildman–Crippen LogP) is 2.65. The zero-order chi connectivity index (χ0) is 16.5. The first-order chi connectivity index (χ1) is 11.2. The van der Waals surface area contributed by atoms with Crippen molar-refractivity contribution in [2.24, 2.45) is 0 Å². The highest BCUT2D eigenvalue weighted by Crippen LogP contribution is 2.12. The van der Waals surface area contributed by atoms with Crippen LogP contribution in [-0.2, 0) is 14.3 Å². The molecule has 0 aromatic heterocycles. The van der Waals surface area contributed by atoms with Crippen LogP contribution in [0.4, 0.5) is 0 Å². The summed E-state index contributed by atoms with van der Waals surface area (Å²) in [6.45, 7) is 0. The fourth-order valence-corrected chi connectivity index (χ4v) is 1.84. The third-order valence-corrected chi connectivity index (χ3v) is 3.11. The fraction of sp³-hybridized carbons (Fsp3) is 0.150. The quantitative estimate of drug-likeness (QED) is 0.646. The number of ether oxygens (including phenoxy) is 2. The van der Waals surface area contributed by atoms with E-state index in [1.54, 1.807) is 0 Å². The third-order valence-electron chi connectivity index (χ3n) is 3.11. The van der Waals surface area contributed by atoms with Crippen LogP contribution in [0.25, 0.3) is 0 Å². The molecule has 0 N–H and O–H groups in total. The number of methoxy groups -OCH3 is 2. The molecular weight excluding hydrogens is 288 g/mol. The Morgan fingerprint density at radius 2 is 1.30 bits per heavy atom. The topological polar surface area (TPSA) is 35.5 Å². The summed E-state index contributed by atoms with van der Waals surface area (Å²) in [5.74, 6) is 8.70. The van der Waals surface area contributed by atoms with Gasteiger partial charge in [0, 0.05) is 25.3 Å². The minimum Gasteiger partial charge on any atom is -0.336 e. The van der Waals surface area contributed by atoms with E-state index in [2.05, 4.69) is 23.7 Å². The number of Topliss-reactive ketones (excluding diaryl/α,β-unsaturated/α-hetero) is 1. The Bertz CT molecular complexity index is 768. The van der Waals surface area contributed by atoms with E-state index in [0.29, 0.717) is 0 Å². The van der Waals surface area contributed by atoms with Crippen molar-refractivity contribution >= 4 is 5.78 Å². The van der Waals surface area contributed by atoms with Gasteiger partial charge in [0.2, 0.25) is 0 Å². The summed E-state index contributed by atoms with van der Waals surface area (Å²) in [4.78, 5) is 12.4. The third kappa shape index (κ3) is 4.31. The molecule has 0 spiro atoms. The maximum absolute atomic E-state index is 12.4. The minimum atomic E-state index is -1.70. The van der Waals surface area contributed by atoms with Gasteiger partial charge in [0.15, 0.2) is 0 Å². The van der Waals surface area contributed by atoms with Gasteiger partial charge in [-0.2, -0.15) is 0 Å². The summed E-state index contributed by atoms with van der Waals surface area (Å²) >= 11 is 0. The standard InChI is InChI=1S/C20H16O3/c1-22-20(23-2,16-15-18-11-7-4-8-12-18)19(21)14-13-17-9-5-3-6-10-17/h3-12H,1-2H3. The molecule has 2 aromatic carbocycles. The molecule has 0 amide bonds. The SMILES string of the molecule is COC(C#Cc1ccccc1)(OC)C(=O)C#Cc1ccccc1. The molecule has 0 aliphatic carbocycles. The van der Waals surface area contributed by atoms with Crippen molar-refractivity contribution in [2.45, 2.75) is 5.79 Å². The van der Waals surface area contributed by atoms with Gasteiger partial charge in [0.25, 0.3) is 5.78 Å². The normalized spacial score (nSPS) is 10.0. The Balaban J connectivity index is 2.29. The van der Waals surface area contributed by atoms with Crippen molar-refractivity contribution in [1.82, 2.24) is 0 Å². The van der Waals surface area contributed by atoms with Crippen LogP contribution in [0.1, 0.15) is 11.1 Å². The molecule has 0 heterocycles. The van der Waals surface area contributed by atoms with Gasteiger partial charge >= 0.3 is 5.79 Å². The lowest BCUT2D eigenvalue weighted by Crippen LogP contribution is -2.40. The molecule has 0 aliphatic rings. The molecular formula is C20H16O3. The maximum atomic E-state index is 12.4. The summed E-state index contributed by atoms with van der Waals surface area (Å²) in [6, 6.07) is 18.5. The predicted molar refractivity (Wildman–Crippen MR) is 88.4 cm³/mol. The van der Waals surface area contributed by atoms with E-state index in [0.717, 1.165) is 11.1 Å². The highest BCUT2D eigenvalue weighted by atomic mass is 16.7. The van der Waals surface area contributed by atoms with E-state index < -0.39 is 11.6 Å². The number of ketones is 1. The number of benzene rings is 2. The Labute approximate surface area is 136 Å². The average Bonchev–Trinajstić information content (AvgIpc) is 2.63. The molecule has 0 saturated heterocycles. The summed E-state index contributed by atoms with van der Waals surface area (Å²) in [5.41, 5.74) is 1.49. The first kappa shape index (κ1) is 16.5. The van der Waals surface area contributed by atoms with Gasteiger partial charge in [0.1, 0.15) is 0 Å². The average molecular weight is 304 g/mol. The van der Waals surface area contributed by atoms with Crippen molar-refractivity contribution in [1.29, 1.82) is 0 Å². The molecule has 0 radical (unpaired) electrons. The maximum Gasteiger partial charge on any atom is 0.308 e. The molecule has 0 aliphatic heterocycles. The highest BCUT2D eigenvalue weighted by Gasteiger charge is 2.36.